The maximum Gasteiger partial charge on any atom is 0.149 e. The van der Waals surface area contributed by atoms with Crippen molar-refractivity contribution in [2.75, 3.05) is 0 Å². The van der Waals surface area contributed by atoms with E-state index in [4.69, 9.17) is 15.0 Å². The van der Waals surface area contributed by atoms with Gasteiger partial charge in [0.05, 0.1) is 22.1 Å². The average molecular weight is 448 g/mol. The summed E-state index contributed by atoms with van der Waals surface area (Å²) in [6.07, 6.45) is 3.68. The van der Waals surface area contributed by atoms with E-state index in [1.807, 2.05) is 24.5 Å². The lowest BCUT2D eigenvalue weighted by molar-refractivity contribution is 1.23. The number of imidazole rings is 1. The molecule has 6 aromatic heterocycles. The van der Waals surface area contributed by atoms with Gasteiger partial charge in [0, 0.05) is 55.7 Å². The third kappa shape index (κ3) is 2.00. The van der Waals surface area contributed by atoms with E-state index in [1.54, 1.807) is 0 Å². The van der Waals surface area contributed by atoms with Crippen molar-refractivity contribution in [3.8, 4) is 0 Å². The molecule has 0 atom stereocenters. The zero-order valence-corrected chi connectivity index (χ0v) is 18.4. The van der Waals surface area contributed by atoms with Gasteiger partial charge in [-0.25, -0.2) is 9.97 Å². The third-order valence-corrected chi connectivity index (χ3v) is 7.32. The normalized spacial score (nSPS) is 12.6. The van der Waals surface area contributed by atoms with E-state index in [0.717, 1.165) is 66.1 Å². The minimum atomic E-state index is 0.859. The number of nitrogens with zero attached hydrogens (tertiary/aromatic N) is 4. The van der Waals surface area contributed by atoms with Crippen LogP contribution < -0.4 is 0 Å². The molecule has 9 aromatic rings. The Labute approximate surface area is 196 Å². The summed E-state index contributed by atoms with van der Waals surface area (Å²) < 4.78 is 2.22. The molecule has 6 heterocycles. The van der Waals surface area contributed by atoms with Crippen LogP contribution in [0.5, 0.6) is 0 Å². The smallest absolute Gasteiger partial charge is 0.149 e. The van der Waals surface area contributed by atoms with E-state index in [9.17, 15) is 0 Å². The Balaban J connectivity index is 1.73. The molecule has 0 amide bonds. The van der Waals surface area contributed by atoms with Gasteiger partial charge in [0.15, 0.2) is 0 Å². The first-order chi connectivity index (χ1) is 17.4. The molecular weight excluding hydrogens is 432 g/mol. The summed E-state index contributed by atoms with van der Waals surface area (Å²) in [4.78, 5) is 22.3. The topological polar surface area (TPSA) is 74.7 Å². The second kappa shape index (κ2) is 5.93. The number of H-pyrrole nitrogens is 2. The van der Waals surface area contributed by atoms with Gasteiger partial charge in [0.1, 0.15) is 16.8 Å². The molecule has 3 aromatic carbocycles. The predicted octanol–water partition coefficient (Wildman–Crippen LogP) is 6.85. The summed E-state index contributed by atoms with van der Waals surface area (Å²) in [5, 5.41) is 6.73. The van der Waals surface area contributed by atoms with Crippen LogP contribution >= 0.6 is 0 Å². The summed E-state index contributed by atoms with van der Waals surface area (Å²) in [7, 11) is 0. The molecule has 35 heavy (non-hydrogen) atoms. The lowest BCUT2D eigenvalue weighted by atomic mass is 10.1. The molecule has 0 bridgehead atoms. The molecule has 0 unspecified atom stereocenters. The van der Waals surface area contributed by atoms with E-state index in [1.165, 1.54) is 16.2 Å². The summed E-state index contributed by atoms with van der Waals surface area (Å²) in [5.41, 5.74) is 9.00. The lowest BCUT2D eigenvalue weighted by Crippen LogP contribution is -1.95. The number of aromatic nitrogens is 6. The zero-order valence-electron chi connectivity index (χ0n) is 18.4. The number of rotatable bonds is 0. The van der Waals surface area contributed by atoms with Crippen LogP contribution in [0.1, 0.15) is 0 Å². The number of nitrogens with one attached hydrogen (secondary N) is 2. The molecule has 0 aliphatic rings. The fourth-order valence-corrected chi connectivity index (χ4v) is 5.93. The van der Waals surface area contributed by atoms with Gasteiger partial charge in [-0.2, -0.15) is 0 Å². The number of hydrogen-bond acceptors (Lipinski definition) is 3. The van der Waals surface area contributed by atoms with E-state index in [-0.39, 0.29) is 0 Å². The van der Waals surface area contributed by atoms with Crippen LogP contribution in [0.2, 0.25) is 0 Å². The maximum absolute atomic E-state index is 5.29. The molecule has 162 valence electrons. The van der Waals surface area contributed by atoms with Crippen molar-refractivity contribution < 1.29 is 0 Å². The third-order valence-electron chi connectivity index (χ3n) is 7.32. The fourth-order valence-electron chi connectivity index (χ4n) is 5.93. The molecule has 0 aliphatic heterocycles. The Bertz CT molecular complexity index is 2330. The first-order valence-corrected chi connectivity index (χ1v) is 11.6. The Morgan fingerprint density at radius 2 is 1.17 bits per heavy atom. The Morgan fingerprint density at radius 1 is 0.543 bits per heavy atom. The van der Waals surface area contributed by atoms with Gasteiger partial charge in [-0.1, -0.05) is 36.4 Å². The van der Waals surface area contributed by atoms with E-state index < -0.39 is 0 Å². The van der Waals surface area contributed by atoms with Crippen LogP contribution in [-0.2, 0) is 0 Å². The van der Waals surface area contributed by atoms with Crippen LogP contribution in [0.4, 0.5) is 0 Å². The Kier molecular flexibility index (Phi) is 2.96. The lowest BCUT2D eigenvalue weighted by Gasteiger charge is -2.07. The molecule has 9 rings (SSSR count). The number of fused-ring (bicyclic) bond motifs is 17. The van der Waals surface area contributed by atoms with Gasteiger partial charge in [0.25, 0.3) is 0 Å². The molecule has 6 heteroatoms. The van der Waals surface area contributed by atoms with Crippen molar-refractivity contribution in [3.05, 3.63) is 85.2 Å². The first kappa shape index (κ1) is 17.5. The standard InChI is InChI=1S/C29H16N6/c1-3-11-19-15(7-1)21-24-22(16-8-2-4-12-20(16)32-24)27-26(25(21)33-19)34-29-18-10-5-13-30-23(18)17-9-6-14-31-28(17)35(27)29/h1-14,32-33H. The molecule has 0 fully saturated rings. The fraction of sp³-hybridized carbons (Fsp3) is 0. The van der Waals surface area contributed by atoms with Crippen LogP contribution in [0.3, 0.4) is 0 Å². The van der Waals surface area contributed by atoms with E-state index in [0.29, 0.717) is 0 Å². The van der Waals surface area contributed by atoms with Crippen molar-refractivity contribution in [1.29, 1.82) is 0 Å². The molecule has 0 radical (unpaired) electrons. The van der Waals surface area contributed by atoms with Crippen LogP contribution in [0.15, 0.2) is 85.2 Å². The molecule has 6 nitrogen and oxygen atoms in total. The van der Waals surface area contributed by atoms with Gasteiger partial charge in [0.2, 0.25) is 0 Å². The largest absolute Gasteiger partial charge is 0.354 e. The minimum absolute atomic E-state index is 0.859. The van der Waals surface area contributed by atoms with Gasteiger partial charge in [-0.15, -0.1) is 0 Å². The second-order valence-corrected chi connectivity index (χ2v) is 9.08. The van der Waals surface area contributed by atoms with Crippen molar-refractivity contribution in [2.24, 2.45) is 0 Å². The van der Waals surface area contributed by atoms with E-state index >= 15 is 0 Å². The summed E-state index contributed by atoms with van der Waals surface area (Å²) in [6, 6.07) is 25.1. The van der Waals surface area contributed by atoms with Crippen molar-refractivity contribution in [2.45, 2.75) is 0 Å². The number of pyridine rings is 3. The SMILES string of the molecule is c1ccc2c(c1)[nH]c1c3nc4c5cccnc5c5cccnc5n4c3c3c4ccccc4[nH]c3c21. The molecule has 0 saturated carbocycles. The highest BCUT2D eigenvalue weighted by atomic mass is 15.1. The Morgan fingerprint density at radius 3 is 1.97 bits per heavy atom. The van der Waals surface area contributed by atoms with Crippen molar-refractivity contribution >= 4 is 82.2 Å². The van der Waals surface area contributed by atoms with Crippen LogP contribution in [0.25, 0.3) is 82.2 Å². The van der Waals surface area contributed by atoms with Gasteiger partial charge in [-0.3, -0.25) is 9.38 Å². The van der Waals surface area contributed by atoms with Crippen molar-refractivity contribution in [3.63, 3.8) is 0 Å². The summed E-state index contributed by atoms with van der Waals surface area (Å²) >= 11 is 0. The molecule has 0 saturated heterocycles. The molecule has 2 N–H and O–H groups in total. The minimum Gasteiger partial charge on any atom is -0.354 e. The summed E-state index contributed by atoms with van der Waals surface area (Å²) in [6.45, 7) is 0. The predicted molar refractivity (Wildman–Crippen MR) is 142 cm³/mol. The number of benzene rings is 3. The molecule has 0 spiro atoms. The second-order valence-electron chi connectivity index (χ2n) is 9.08. The summed E-state index contributed by atoms with van der Waals surface area (Å²) in [5.74, 6) is 0. The van der Waals surface area contributed by atoms with Gasteiger partial charge in [-0.05, 0) is 36.4 Å². The van der Waals surface area contributed by atoms with Gasteiger partial charge >= 0.3 is 0 Å². The van der Waals surface area contributed by atoms with Crippen molar-refractivity contribution in [1.82, 2.24) is 29.3 Å². The average Bonchev–Trinajstić information content (AvgIpc) is 3.60. The zero-order chi connectivity index (χ0) is 22.7. The van der Waals surface area contributed by atoms with E-state index in [2.05, 4.69) is 75.0 Å². The Hall–Kier alpha value is -4.97. The number of para-hydroxylation sites is 2. The maximum atomic E-state index is 5.29. The van der Waals surface area contributed by atoms with Crippen LogP contribution in [0, 0.1) is 0 Å². The number of aromatic amines is 2. The van der Waals surface area contributed by atoms with Gasteiger partial charge < -0.3 is 9.97 Å². The number of hydrogen-bond donors (Lipinski definition) is 2. The quantitative estimate of drug-likeness (QED) is 0.249. The van der Waals surface area contributed by atoms with Crippen LogP contribution in [-0.4, -0.2) is 29.3 Å². The highest BCUT2D eigenvalue weighted by molar-refractivity contribution is 6.35. The highest BCUT2D eigenvalue weighted by Gasteiger charge is 2.23. The first-order valence-electron chi connectivity index (χ1n) is 11.6. The monoisotopic (exact) mass is 448 g/mol. The molecular formula is C29H16N6. The molecule has 0 aliphatic carbocycles. The highest BCUT2D eigenvalue weighted by Crippen LogP contribution is 2.43.